The Morgan fingerprint density at radius 2 is 1.77 bits per heavy atom. The molecule has 1 aliphatic rings. The summed E-state index contributed by atoms with van der Waals surface area (Å²) in [6.07, 6.45) is 4.59. The monoisotopic (exact) mass is 426 g/mol. The lowest BCUT2D eigenvalue weighted by atomic mass is 10.0. The van der Waals surface area contributed by atoms with Crippen LogP contribution in [0, 0.1) is 10.1 Å². The fourth-order valence-corrected chi connectivity index (χ4v) is 4.93. The fourth-order valence-electron chi connectivity index (χ4n) is 3.72. The molecule has 0 atom stereocenters. The molecular formula is C25H18N2O3S. The Labute approximate surface area is 183 Å². The van der Waals surface area contributed by atoms with E-state index >= 15 is 0 Å². The summed E-state index contributed by atoms with van der Waals surface area (Å²) in [5.41, 5.74) is 3.59. The zero-order chi connectivity index (χ0) is 21.2. The van der Waals surface area contributed by atoms with Crippen molar-refractivity contribution < 1.29 is 9.66 Å². The van der Waals surface area contributed by atoms with E-state index < -0.39 is 0 Å². The lowest BCUT2D eigenvalue weighted by molar-refractivity contribution is -0.385. The van der Waals surface area contributed by atoms with Gasteiger partial charge in [-0.25, -0.2) is 4.98 Å². The van der Waals surface area contributed by atoms with Gasteiger partial charge in [-0.05, 0) is 60.5 Å². The molecule has 152 valence electrons. The third-order valence-electron chi connectivity index (χ3n) is 5.17. The number of nitro groups is 1. The van der Waals surface area contributed by atoms with Crippen molar-refractivity contribution in [2.75, 3.05) is 5.75 Å². The number of rotatable bonds is 5. The van der Waals surface area contributed by atoms with Crippen LogP contribution in [0.1, 0.15) is 16.8 Å². The summed E-state index contributed by atoms with van der Waals surface area (Å²) in [5, 5.41) is 12.4. The first-order valence-corrected chi connectivity index (χ1v) is 10.9. The summed E-state index contributed by atoms with van der Waals surface area (Å²) in [6.45, 7) is 0. The zero-order valence-electron chi connectivity index (χ0n) is 16.5. The van der Waals surface area contributed by atoms with Crippen LogP contribution in [-0.2, 0) is 6.42 Å². The molecule has 0 spiro atoms. The molecule has 0 saturated heterocycles. The summed E-state index contributed by atoms with van der Waals surface area (Å²) in [5.74, 6) is 2.56. The van der Waals surface area contributed by atoms with Gasteiger partial charge in [0.25, 0.3) is 5.69 Å². The summed E-state index contributed by atoms with van der Waals surface area (Å²) < 4.78 is 6.00. The van der Waals surface area contributed by atoms with Crippen molar-refractivity contribution in [2.24, 2.45) is 0 Å². The van der Waals surface area contributed by atoms with Crippen molar-refractivity contribution in [2.45, 2.75) is 11.3 Å². The molecule has 6 heteroatoms. The Morgan fingerprint density at radius 3 is 2.61 bits per heavy atom. The summed E-state index contributed by atoms with van der Waals surface area (Å²) in [4.78, 5) is 17.0. The molecule has 5 rings (SSSR count). The summed E-state index contributed by atoms with van der Waals surface area (Å²) in [7, 11) is 0. The lowest BCUT2D eigenvalue weighted by Crippen LogP contribution is -1.95. The highest BCUT2D eigenvalue weighted by atomic mass is 32.2. The number of hydrogen-bond acceptors (Lipinski definition) is 5. The Kier molecular flexibility index (Phi) is 5.14. The molecule has 1 aromatic heterocycles. The average Bonchev–Trinajstić information content (AvgIpc) is 3.29. The highest BCUT2D eigenvalue weighted by Gasteiger charge is 2.20. The Hall–Kier alpha value is -3.64. The molecule has 0 saturated carbocycles. The first-order chi connectivity index (χ1) is 15.2. The zero-order valence-corrected chi connectivity index (χ0v) is 17.3. The van der Waals surface area contributed by atoms with E-state index in [-0.39, 0.29) is 10.6 Å². The SMILES string of the molecule is O=[N+]([O-])c1ccccc1C=Cc1nc2ccc(Oc3ccccc3)cc2c2c1CCS2. The Bertz CT molecular complexity index is 1320. The predicted molar refractivity (Wildman–Crippen MR) is 125 cm³/mol. The van der Waals surface area contributed by atoms with Gasteiger partial charge >= 0.3 is 0 Å². The molecular weight excluding hydrogens is 408 g/mol. The minimum Gasteiger partial charge on any atom is -0.457 e. The number of hydrogen-bond donors (Lipinski definition) is 0. The fraction of sp³-hybridized carbons (Fsp3) is 0.0800. The van der Waals surface area contributed by atoms with Crippen LogP contribution in [0.2, 0.25) is 0 Å². The average molecular weight is 426 g/mol. The van der Waals surface area contributed by atoms with Crippen molar-refractivity contribution in [1.82, 2.24) is 4.98 Å². The van der Waals surface area contributed by atoms with E-state index in [9.17, 15) is 10.1 Å². The highest BCUT2D eigenvalue weighted by Crippen LogP contribution is 2.40. The predicted octanol–water partition coefficient (Wildman–Crippen LogP) is 6.75. The Balaban J connectivity index is 1.54. The van der Waals surface area contributed by atoms with Gasteiger partial charge in [-0.3, -0.25) is 10.1 Å². The number of fused-ring (bicyclic) bond motifs is 3. The molecule has 0 unspecified atom stereocenters. The Morgan fingerprint density at radius 1 is 0.968 bits per heavy atom. The number of thioether (sulfide) groups is 1. The molecule has 0 fully saturated rings. The first-order valence-electron chi connectivity index (χ1n) is 9.93. The highest BCUT2D eigenvalue weighted by molar-refractivity contribution is 7.99. The van der Waals surface area contributed by atoms with Crippen LogP contribution in [0.3, 0.4) is 0 Å². The van der Waals surface area contributed by atoms with Gasteiger partial charge in [0, 0.05) is 22.1 Å². The van der Waals surface area contributed by atoms with Gasteiger partial charge in [-0.15, -0.1) is 11.8 Å². The largest absolute Gasteiger partial charge is 0.457 e. The van der Waals surface area contributed by atoms with Crippen molar-refractivity contribution in [3.8, 4) is 11.5 Å². The minimum absolute atomic E-state index is 0.0910. The van der Waals surface area contributed by atoms with Crippen LogP contribution in [0.4, 0.5) is 5.69 Å². The molecule has 0 radical (unpaired) electrons. The molecule has 1 aliphatic heterocycles. The number of para-hydroxylation sites is 2. The topological polar surface area (TPSA) is 65.3 Å². The molecule has 3 aromatic carbocycles. The maximum Gasteiger partial charge on any atom is 0.276 e. The van der Waals surface area contributed by atoms with E-state index in [1.165, 1.54) is 16.5 Å². The quantitative estimate of drug-likeness (QED) is 0.261. The number of ether oxygens (including phenoxy) is 1. The van der Waals surface area contributed by atoms with E-state index in [0.717, 1.165) is 40.3 Å². The van der Waals surface area contributed by atoms with E-state index in [0.29, 0.717) is 5.56 Å². The maximum atomic E-state index is 11.3. The third kappa shape index (κ3) is 3.90. The van der Waals surface area contributed by atoms with E-state index in [4.69, 9.17) is 9.72 Å². The number of pyridine rings is 1. The summed E-state index contributed by atoms with van der Waals surface area (Å²) >= 11 is 1.82. The molecule has 0 N–H and O–H groups in total. The van der Waals surface area contributed by atoms with Crippen molar-refractivity contribution in [3.63, 3.8) is 0 Å². The van der Waals surface area contributed by atoms with Crippen LogP contribution in [-0.4, -0.2) is 15.7 Å². The van der Waals surface area contributed by atoms with Crippen LogP contribution in [0.15, 0.2) is 77.7 Å². The van der Waals surface area contributed by atoms with E-state index in [2.05, 4.69) is 0 Å². The minimum atomic E-state index is -0.359. The number of nitro benzene ring substituents is 1. The van der Waals surface area contributed by atoms with Gasteiger partial charge in [-0.1, -0.05) is 30.3 Å². The second-order valence-electron chi connectivity index (χ2n) is 7.15. The smallest absolute Gasteiger partial charge is 0.276 e. The molecule has 0 bridgehead atoms. The van der Waals surface area contributed by atoms with Crippen LogP contribution < -0.4 is 4.74 Å². The molecule has 31 heavy (non-hydrogen) atoms. The maximum absolute atomic E-state index is 11.3. The summed E-state index contributed by atoms with van der Waals surface area (Å²) in [6, 6.07) is 22.4. The molecule has 0 amide bonds. The molecule has 5 nitrogen and oxygen atoms in total. The van der Waals surface area contributed by atoms with Crippen molar-refractivity contribution in [1.29, 1.82) is 0 Å². The van der Waals surface area contributed by atoms with Crippen molar-refractivity contribution >= 4 is 40.5 Å². The van der Waals surface area contributed by atoms with Gasteiger partial charge in [-0.2, -0.15) is 0 Å². The van der Waals surface area contributed by atoms with E-state index in [1.807, 2.05) is 66.4 Å². The first kappa shape index (κ1) is 19.3. The van der Waals surface area contributed by atoms with Crippen LogP contribution >= 0.6 is 11.8 Å². The van der Waals surface area contributed by atoms with Gasteiger partial charge in [0.2, 0.25) is 0 Å². The van der Waals surface area contributed by atoms with Crippen LogP contribution in [0.5, 0.6) is 11.5 Å². The van der Waals surface area contributed by atoms with Gasteiger partial charge in [0.1, 0.15) is 11.5 Å². The second kappa shape index (κ2) is 8.24. The second-order valence-corrected chi connectivity index (χ2v) is 8.25. The van der Waals surface area contributed by atoms with Gasteiger partial charge < -0.3 is 4.74 Å². The van der Waals surface area contributed by atoms with Crippen molar-refractivity contribution in [3.05, 3.63) is 99.7 Å². The molecule has 4 aromatic rings. The number of benzene rings is 3. The van der Waals surface area contributed by atoms with Gasteiger partial charge in [0.15, 0.2) is 0 Å². The molecule has 0 aliphatic carbocycles. The number of aromatic nitrogens is 1. The standard InChI is InChI=1S/C25H18N2O3S/c28-27(29)24-9-5-4-6-17(24)10-12-22-20-14-15-31-25(20)21-16-19(11-13-23(21)26-22)30-18-7-2-1-3-8-18/h1-13,16H,14-15H2. The van der Waals surface area contributed by atoms with Crippen LogP contribution in [0.25, 0.3) is 23.1 Å². The normalized spacial score (nSPS) is 12.9. The van der Waals surface area contributed by atoms with E-state index in [1.54, 1.807) is 24.3 Å². The lowest BCUT2D eigenvalue weighted by Gasteiger charge is -2.11. The molecule has 2 heterocycles. The number of nitrogens with zero attached hydrogens (tertiary/aromatic N) is 2. The third-order valence-corrected chi connectivity index (χ3v) is 6.33. The van der Waals surface area contributed by atoms with Gasteiger partial charge in [0.05, 0.1) is 21.7 Å².